The molecule has 18 heavy (non-hydrogen) atoms. The lowest BCUT2D eigenvalue weighted by molar-refractivity contribution is 0.415. The van der Waals surface area contributed by atoms with Gasteiger partial charge in [0.05, 0.1) is 17.3 Å². The van der Waals surface area contributed by atoms with Crippen LogP contribution < -0.4 is 4.74 Å². The zero-order valence-electron chi connectivity index (χ0n) is 9.68. The summed E-state index contributed by atoms with van der Waals surface area (Å²) < 4.78 is 7.50. The summed E-state index contributed by atoms with van der Waals surface area (Å²) in [5, 5.41) is 1.02. The van der Waals surface area contributed by atoms with Crippen LogP contribution in [0, 0.1) is 0 Å². The van der Waals surface area contributed by atoms with E-state index in [2.05, 4.69) is 33.0 Å². The van der Waals surface area contributed by atoms with E-state index >= 15 is 0 Å². The molecule has 0 radical (unpaired) electrons. The lowest BCUT2D eigenvalue weighted by Gasteiger charge is -2.00. The van der Waals surface area contributed by atoms with E-state index < -0.39 is 0 Å². The molecule has 0 saturated heterocycles. The smallest absolute Gasteiger partial charge is 0.124 e. The van der Waals surface area contributed by atoms with E-state index in [1.54, 1.807) is 18.4 Å². The number of fused-ring (bicyclic) bond motifs is 1. The standard InChI is InChI=1S/C14H10BrNOS/c1-17-11-4-2-3-9(7-11)14-16-12-6-5-10(15)8-13(12)18-14/h2-8H,1H3. The summed E-state index contributed by atoms with van der Waals surface area (Å²) in [6.45, 7) is 0. The number of halogens is 1. The fourth-order valence-electron chi connectivity index (χ4n) is 1.78. The highest BCUT2D eigenvalue weighted by molar-refractivity contribution is 9.10. The molecule has 0 aliphatic rings. The minimum absolute atomic E-state index is 0.855. The lowest BCUT2D eigenvalue weighted by atomic mass is 10.2. The number of methoxy groups -OCH3 is 1. The molecule has 3 aromatic rings. The molecule has 0 saturated carbocycles. The van der Waals surface area contributed by atoms with Gasteiger partial charge in [-0.25, -0.2) is 4.98 Å². The minimum Gasteiger partial charge on any atom is -0.497 e. The van der Waals surface area contributed by atoms with Gasteiger partial charge in [0.25, 0.3) is 0 Å². The molecule has 0 spiro atoms. The van der Waals surface area contributed by atoms with Crippen molar-refractivity contribution in [1.29, 1.82) is 0 Å². The highest BCUT2D eigenvalue weighted by atomic mass is 79.9. The number of ether oxygens (including phenoxy) is 1. The van der Waals surface area contributed by atoms with Crippen molar-refractivity contribution >= 4 is 37.5 Å². The van der Waals surface area contributed by atoms with E-state index in [-0.39, 0.29) is 0 Å². The number of hydrogen-bond acceptors (Lipinski definition) is 3. The largest absolute Gasteiger partial charge is 0.497 e. The Morgan fingerprint density at radius 3 is 2.89 bits per heavy atom. The topological polar surface area (TPSA) is 22.1 Å². The summed E-state index contributed by atoms with van der Waals surface area (Å²) in [5.74, 6) is 0.855. The van der Waals surface area contributed by atoms with Crippen LogP contribution in [0.1, 0.15) is 0 Å². The minimum atomic E-state index is 0.855. The second-order valence-corrected chi connectivity index (χ2v) is 5.81. The zero-order valence-corrected chi connectivity index (χ0v) is 12.1. The Balaban J connectivity index is 2.13. The Labute approximate surface area is 117 Å². The highest BCUT2D eigenvalue weighted by Gasteiger charge is 2.07. The summed E-state index contributed by atoms with van der Waals surface area (Å²) in [6, 6.07) is 14.1. The number of nitrogens with zero attached hydrogens (tertiary/aromatic N) is 1. The summed E-state index contributed by atoms with van der Waals surface area (Å²) in [7, 11) is 1.68. The molecule has 4 heteroatoms. The first-order valence-corrected chi connectivity index (χ1v) is 7.08. The van der Waals surface area contributed by atoms with Crippen LogP contribution in [0.3, 0.4) is 0 Å². The average molecular weight is 320 g/mol. The van der Waals surface area contributed by atoms with Crippen LogP contribution in [-0.4, -0.2) is 12.1 Å². The van der Waals surface area contributed by atoms with Crippen LogP contribution in [0.25, 0.3) is 20.8 Å². The van der Waals surface area contributed by atoms with Crippen molar-refractivity contribution in [3.05, 3.63) is 46.9 Å². The summed E-state index contributed by atoms with van der Waals surface area (Å²) in [6.07, 6.45) is 0. The molecule has 0 atom stereocenters. The molecule has 2 aromatic carbocycles. The van der Waals surface area contributed by atoms with Gasteiger partial charge in [-0.2, -0.15) is 0 Å². The Kier molecular flexibility index (Phi) is 3.06. The second kappa shape index (κ2) is 4.71. The number of benzene rings is 2. The maximum Gasteiger partial charge on any atom is 0.124 e. The fraction of sp³-hybridized carbons (Fsp3) is 0.0714. The average Bonchev–Trinajstić information content (AvgIpc) is 2.81. The summed E-state index contributed by atoms with van der Waals surface area (Å²) in [4.78, 5) is 4.64. The van der Waals surface area contributed by atoms with Crippen molar-refractivity contribution in [3.63, 3.8) is 0 Å². The lowest BCUT2D eigenvalue weighted by Crippen LogP contribution is -1.82. The van der Waals surface area contributed by atoms with Crippen LogP contribution in [-0.2, 0) is 0 Å². The van der Waals surface area contributed by atoms with Gasteiger partial charge in [0, 0.05) is 10.0 Å². The van der Waals surface area contributed by atoms with Gasteiger partial charge in [-0.05, 0) is 30.3 Å². The molecule has 1 heterocycles. The third-order valence-corrected chi connectivity index (χ3v) is 4.23. The van der Waals surface area contributed by atoms with Crippen LogP contribution >= 0.6 is 27.3 Å². The van der Waals surface area contributed by atoms with E-state index in [1.807, 2.05) is 30.3 Å². The van der Waals surface area contributed by atoms with Crippen LogP contribution in [0.15, 0.2) is 46.9 Å². The number of thiazole rings is 1. The third kappa shape index (κ3) is 2.13. The van der Waals surface area contributed by atoms with Crippen molar-refractivity contribution in [1.82, 2.24) is 4.98 Å². The normalized spacial score (nSPS) is 10.8. The third-order valence-electron chi connectivity index (χ3n) is 2.67. The van der Waals surface area contributed by atoms with Gasteiger partial charge in [-0.15, -0.1) is 11.3 Å². The second-order valence-electron chi connectivity index (χ2n) is 3.86. The van der Waals surface area contributed by atoms with Crippen molar-refractivity contribution < 1.29 is 4.74 Å². The van der Waals surface area contributed by atoms with Gasteiger partial charge in [0.15, 0.2) is 0 Å². The number of hydrogen-bond donors (Lipinski definition) is 0. The van der Waals surface area contributed by atoms with E-state index in [9.17, 15) is 0 Å². The van der Waals surface area contributed by atoms with E-state index in [1.165, 1.54) is 4.70 Å². The zero-order chi connectivity index (χ0) is 12.5. The molecule has 0 bridgehead atoms. The van der Waals surface area contributed by atoms with E-state index in [0.717, 1.165) is 26.3 Å². The number of rotatable bonds is 2. The molecule has 0 N–H and O–H groups in total. The first kappa shape index (κ1) is 11.7. The first-order valence-electron chi connectivity index (χ1n) is 5.47. The molecule has 1 aromatic heterocycles. The highest BCUT2D eigenvalue weighted by Crippen LogP contribution is 2.32. The monoisotopic (exact) mass is 319 g/mol. The molecular formula is C14H10BrNOS. The molecule has 2 nitrogen and oxygen atoms in total. The number of aromatic nitrogens is 1. The van der Waals surface area contributed by atoms with Crippen LogP contribution in [0.2, 0.25) is 0 Å². The van der Waals surface area contributed by atoms with Gasteiger partial charge in [-0.1, -0.05) is 28.1 Å². The maximum absolute atomic E-state index is 5.24. The Morgan fingerprint density at radius 2 is 2.06 bits per heavy atom. The molecule has 0 amide bonds. The van der Waals surface area contributed by atoms with E-state index in [0.29, 0.717) is 0 Å². The van der Waals surface area contributed by atoms with Gasteiger partial charge in [0.1, 0.15) is 10.8 Å². The maximum atomic E-state index is 5.24. The van der Waals surface area contributed by atoms with Crippen LogP contribution in [0.4, 0.5) is 0 Å². The van der Waals surface area contributed by atoms with Gasteiger partial charge >= 0.3 is 0 Å². The van der Waals surface area contributed by atoms with Crippen molar-refractivity contribution in [2.75, 3.05) is 7.11 Å². The molecule has 90 valence electrons. The molecule has 0 aliphatic carbocycles. The quantitative estimate of drug-likeness (QED) is 0.681. The predicted molar refractivity (Wildman–Crippen MR) is 79.3 cm³/mol. The van der Waals surface area contributed by atoms with Gasteiger partial charge in [0.2, 0.25) is 0 Å². The molecule has 0 aliphatic heterocycles. The van der Waals surface area contributed by atoms with Crippen molar-refractivity contribution in [2.45, 2.75) is 0 Å². The Bertz CT molecular complexity index is 708. The van der Waals surface area contributed by atoms with Crippen LogP contribution in [0.5, 0.6) is 5.75 Å². The first-order chi connectivity index (χ1) is 8.76. The van der Waals surface area contributed by atoms with Crippen molar-refractivity contribution in [2.24, 2.45) is 0 Å². The predicted octanol–water partition coefficient (Wildman–Crippen LogP) is 4.73. The Morgan fingerprint density at radius 1 is 1.17 bits per heavy atom. The molecular weight excluding hydrogens is 310 g/mol. The molecule has 3 rings (SSSR count). The van der Waals surface area contributed by atoms with Gasteiger partial charge < -0.3 is 4.74 Å². The Hall–Kier alpha value is -1.39. The van der Waals surface area contributed by atoms with Crippen molar-refractivity contribution in [3.8, 4) is 16.3 Å². The summed E-state index contributed by atoms with van der Waals surface area (Å²) in [5.41, 5.74) is 2.12. The molecule has 0 unspecified atom stereocenters. The SMILES string of the molecule is COc1cccc(-c2nc3ccc(Br)cc3s2)c1. The fourth-order valence-corrected chi connectivity index (χ4v) is 3.29. The van der Waals surface area contributed by atoms with Gasteiger partial charge in [-0.3, -0.25) is 0 Å². The summed E-state index contributed by atoms with van der Waals surface area (Å²) >= 11 is 5.17. The van der Waals surface area contributed by atoms with E-state index in [4.69, 9.17) is 4.74 Å². The molecule has 0 fully saturated rings.